The number of hydrogen-bond donors (Lipinski definition) is 4. The molecule has 0 atom stereocenters. The topological polar surface area (TPSA) is 162 Å². The van der Waals surface area contributed by atoms with Gasteiger partial charge in [-0.3, -0.25) is 14.5 Å². The predicted octanol–water partition coefficient (Wildman–Crippen LogP) is -0.467. The van der Waals surface area contributed by atoms with Gasteiger partial charge in [-0.05, 0) is 18.6 Å². The van der Waals surface area contributed by atoms with E-state index >= 15 is 0 Å². The number of nitrogens with one attached hydrogen (secondary N) is 1. The van der Waals surface area contributed by atoms with E-state index in [-0.39, 0.29) is 11.4 Å². The normalized spacial score (nSPS) is 14.5. The Hall–Kier alpha value is -1.88. The molecule has 0 radical (unpaired) electrons. The number of piperazine rings is 1. The van der Waals surface area contributed by atoms with Gasteiger partial charge in [-0.25, -0.2) is 0 Å². The average molecular weight is 334 g/mol. The minimum Gasteiger partial charge on any atom is -0.412 e. The molecular formula is C12H22N4O5S. The first kappa shape index (κ1) is 20.1. The third kappa shape index (κ3) is 7.22. The molecule has 1 aromatic carbocycles. The second-order valence-corrected chi connectivity index (χ2v) is 5.49. The summed E-state index contributed by atoms with van der Waals surface area (Å²) in [7, 11) is -4.67. The predicted molar refractivity (Wildman–Crippen MR) is 84.7 cm³/mol. The third-order valence-electron chi connectivity index (χ3n) is 3.08. The Morgan fingerprint density at radius 1 is 1.18 bits per heavy atom. The molecule has 10 heteroatoms. The standard InChI is InChI=1S/C12H18N4.H2O4S.H2O/c1-10-4-2-3-5-11(10)15-6-8-16(9-7-15)12(13)14;1-5(2,3)4;/h2-5H,6-9H2,1H3,(H3,13,14);(H2,1,2,3,4);1H2. The highest BCUT2D eigenvalue weighted by molar-refractivity contribution is 7.79. The van der Waals surface area contributed by atoms with Gasteiger partial charge in [0.05, 0.1) is 0 Å². The molecule has 0 aromatic heterocycles. The first-order valence-corrected chi connectivity index (χ1v) is 7.67. The maximum Gasteiger partial charge on any atom is 0.394 e. The maximum absolute atomic E-state index is 8.74. The lowest BCUT2D eigenvalue weighted by molar-refractivity contribution is 0.379. The van der Waals surface area contributed by atoms with E-state index in [1.807, 2.05) is 4.90 Å². The molecule has 1 heterocycles. The average Bonchev–Trinajstić information content (AvgIpc) is 2.37. The Balaban J connectivity index is 0.000000644. The molecule has 2 rings (SSSR count). The van der Waals surface area contributed by atoms with Gasteiger partial charge < -0.3 is 21.0 Å². The molecule has 22 heavy (non-hydrogen) atoms. The SMILES string of the molecule is Cc1ccccc1N1CCN(C(=N)N)CC1.O.O=S(=O)(O)O. The Labute approximate surface area is 129 Å². The minimum absolute atomic E-state index is 0. The summed E-state index contributed by atoms with van der Waals surface area (Å²) in [6, 6.07) is 8.41. The monoisotopic (exact) mass is 334 g/mol. The lowest BCUT2D eigenvalue weighted by atomic mass is 10.1. The van der Waals surface area contributed by atoms with Crippen molar-refractivity contribution >= 4 is 22.0 Å². The Bertz CT molecular complexity index is 577. The quantitative estimate of drug-likeness (QED) is 0.306. The zero-order valence-electron chi connectivity index (χ0n) is 12.2. The van der Waals surface area contributed by atoms with Gasteiger partial charge in [0.1, 0.15) is 0 Å². The number of aryl methyl sites for hydroxylation is 1. The van der Waals surface area contributed by atoms with Crippen molar-refractivity contribution < 1.29 is 23.0 Å². The van der Waals surface area contributed by atoms with E-state index in [0.717, 1.165) is 26.2 Å². The van der Waals surface area contributed by atoms with Crippen molar-refractivity contribution in [2.24, 2.45) is 5.73 Å². The highest BCUT2D eigenvalue weighted by Gasteiger charge is 2.18. The summed E-state index contributed by atoms with van der Waals surface area (Å²) in [5, 5.41) is 7.39. The molecular weight excluding hydrogens is 312 g/mol. The molecule has 0 amide bonds. The maximum atomic E-state index is 8.74. The highest BCUT2D eigenvalue weighted by atomic mass is 32.3. The van der Waals surface area contributed by atoms with Crippen LogP contribution in [0.3, 0.4) is 0 Å². The molecule has 0 spiro atoms. The van der Waals surface area contributed by atoms with Gasteiger partial charge in [-0.2, -0.15) is 8.42 Å². The van der Waals surface area contributed by atoms with Crippen molar-refractivity contribution in [3.8, 4) is 0 Å². The van der Waals surface area contributed by atoms with Crippen LogP contribution in [0.1, 0.15) is 5.56 Å². The molecule has 0 bridgehead atoms. The van der Waals surface area contributed by atoms with E-state index in [2.05, 4.69) is 36.1 Å². The van der Waals surface area contributed by atoms with Gasteiger partial charge in [0.2, 0.25) is 0 Å². The van der Waals surface area contributed by atoms with Crippen molar-refractivity contribution in [3.05, 3.63) is 29.8 Å². The van der Waals surface area contributed by atoms with E-state index in [1.54, 1.807) is 0 Å². The van der Waals surface area contributed by atoms with Gasteiger partial charge in [0.25, 0.3) is 0 Å². The lowest BCUT2D eigenvalue weighted by Crippen LogP contribution is -2.51. The van der Waals surface area contributed by atoms with Gasteiger partial charge >= 0.3 is 10.4 Å². The Kier molecular flexibility index (Phi) is 7.81. The van der Waals surface area contributed by atoms with Crippen LogP contribution < -0.4 is 10.6 Å². The number of para-hydroxylation sites is 1. The van der Waals surface area contributed by atoms with Crippen molar-refractivity contribution in [3.63, 3.8) is 0 Å². The van der Waals surface area contributed by atoms with Crippen LogP contribution in [-0.4, -0.2) is 60.0 Å². The van der Waals surface area contributed by atoms with Crippen LogP contribution in [0, 0.1) is 12.3 Å². The number of guanidine groups is 1. The fraction of sp³-hybridized carbons (Fsp3) is 0.417. The van der Waals surface area contributed by atoms with Crippen LogP contribution in [0.2, 0.25) is 0 Å². The first-order chi connectivity index (χ1) is 9.68. The van der Waals surface area contributed by atoms with E-state index in [0.29, 0.717) is 0 Å². The number of rotatable bonds is 1. The molecule has 1 saturated heterocycles. The summed E-state index contributed by atoms with van der Waals surface area (Å²) < 4.78 is 31.6. The second kappa shape index (κ2) is 8.54. The van der Waals surface area contributed by atoms with E-state index in [9.17, 15) is 0 Å². The summed E-state index contributed by atoms with van der Waals surface area (Å²) in [4.78, 5) is 4.27. The van der Waals surface area contributed by atoms with E-state index < -0.39 is 10.4 Å². The van der Waals surface area contributed by atoms with Crippen molar-refractivity contribution in [1.29, 1.82) is 5.41 Å². The summed E-state index contributed by atoms with van der Waals surface area (Å²) >= 11 is 0. The molecule has 1 aliphatic heterocycles. The summed E-state index contributed by atoms with van der Waals surface area (Å²) in [6.07, 6.45) is 0. The Morgan fingerprint density at radius 3 is 2.05 bits per heavy atom. The minimum atomic E-state index is -4.67. The molecule has 7 N–H and O–H groups in total. The molecule has 1 aromatic rings. The molecule has 0 saturated carbocycles. The zero-order chi connectivity index (χ0) is 16.0. The third-order valence-corrected chi connectivity index (χ3v) is 3.08. The van der Waals surface area contributed by atoms with Crippen LogP contribution in [0.15, 0.2) is 24.3 Å². The molecule has 1 aliphatic rings. The molecule has 0 unspecified atom stereocenters. The molecule has 0 aliphatic carbocycles. The van der Waals surface area contributed by atoms with Gasteiger partial charge in [0, 0.05) is 31.9 Å². The van der Waals surface area contributed by atoms with Crippen LogP contribution >= 0.6 is 0 Å². The Morgan fingerprint density at radius 2 is 1.64 bits per heavy atom. The molecule has 9 nitrogen and oxygen atoms in total. The number of benzene rings is 1. The van der Waals surface area contributed by atoms with Crippen LogP contribution in [0.5, 0.6) is 0 Å². The molecule has 1 fully saturated rings. The number of hydrogen-bond acceptors (Lipinski definition) is 4. The zero-order valence-corrected chi connectivity index (χ0v) is 13.0. The smallest absolute Gasteiger partial charge is 0.394 e. The van der Waals surface area contributed by atoms with Crippen molar-refractivity contribution in [1.82, 2.24) is 4.90 Å². The lowest BCUT2D eigenvalue weighted by Gasteiger charge is -2.36. The van der Waals surface area contributed by atoms with Crippen molar-refractivity contribution in [2.45, 2.75) is 6.92 Å². The fourth-order valence-electron chi connectivity index (χ4n) is 2.11. The van der Waals surface area contributed by atoms with Gasteiger partial charge in [0.15, 0.2) is 5.96 Å². The van der Waals surface area contributed by atoms with E-state index in [4.69, 9.17) is 28.7 Å². The van der Waals surface area contributed by atoms with Crippen LogP contribution in [-0.2, 0) is 10.4 Å². The van der Waals surface area contributed by atoms with Crippen molar-refractivity contribution in [2.75, 3.05) is 31.1 Å². The number of nitrogens with two attached hydrogens (primary N) is 1. The largest absolute Gasteiger partial charge is 0.412 e. The number of anilines is 1. The second-order valence-electron chi connectivity index (χ2n) is 4.59. The summed E-state index contributed by atoms with van der Waals surface area (Å²) in [5.41, 5.74) is 8.07. The van der Waals surface area contributed by atoms with Gasteiger partial charge in [-0.15, -0.1) is 0 Å². The molecule has 126 valence electrons. The van der Waals surface area contributed by atoms with Crippen LogP contribution in [0.4, 0.5) is 5.69 Å². The van der Waals surface area contributed by atoms with Gasteiger partial charge in [-0.1, -0.05) is 18.2 Å². The number of nitrogens with zero attached hydrogens (tertiary/aromatic N) is 2. The summed E-state index contributed by atoms with van der Waals surface area (Å²) in [6.45, 7) is 5.68. The fourth-order valence-corrected chi connectivity index (χ4v) is 2.11. The highest BCUT2D eigenvalue weighted by Crippen LogP contribution is 2.20. The van der Waals surface area contributed by atoms with Crippen LogP contribution in [0.25, 0.3) is 0 Å². The first-order valence-electron chi connectivity index (χ1n) is 6.28. The summed E-state index contributed by atoms with van der Waals surface area (Å²) in [5.74, 6) is 0.185. The van der Waals surface area contributed by atoms with E-state index in [1.165, 1.54) is 11.3 Å².